The summed E-state index contributed by atoms with van der Waals surface area (Å²) in [5.41, 5.74) is 9.56. The summed E-state index contributed by atoms with van der Waals surface area (Å²) in [6, 6.07) is 13.1. The minimum absolute atomic E-state index is 0.0647. The number of ketones is 1. The lowest BCUT2D eigenvalue weighted by Gasteiger charge is -2.12. The third-order valence-corrected chi connectivity index (χ3v) is 6.28. The van der Waals surface area contributed by atoms with E-state index in [4.69, 9.17) is 20.7 Å². The average Bonchev–Trinajstić information content (AvgIpc) is 3.30. The molecule has 10 heteroatoms. The number of oxime groups is 1. The molecule has 10 nitrogen and oxygen atoms in total. The zero-order valence-corrected chi connectivity index (χ0v) is 22.1. The van der Waals surface area contributed by atoms with Gasteiger partial charge in [0.1, 0.15) is 24.0 Å². The number of benzene rings is 2. The highest BCUT2D eigenvalue weighted by atomic mass is 16.5. The molecule has 2 aromatic carbocycles. The Balaban J connectivity index is 1.42. The van der Waals surface area contributed by atoms with E-state index >= 15 is 0 Å². The Morgan fingerprint density at radius 1 is 1.13 bits per heavy atom. The monoisotopic (exact) mass is 517 g/mol. The van der Waals surface area contributed by atoms with Crippen LogP contribution in [-0.2, 0) is 11.4 Å². The lowest BCUT2D eigenvalue weighted by Crippen LogP contribution is -2.12. The molecule has 2 heterocycles. The number of amidine groups is 1. The van der Waals surface area contributed by atoms with Gasteiger partial charge in [-0.15, -0.1) is 10.2 Å². The van der Waals surface area contributed by atoms with E-state index in [1.807, 2.05) is 41.7 Å². The second-order valence-electron chi connectivity index (χ2n) is 9.86. The minimum Gasteiger partial charge on any atom is -0.489 e. The van der Waals surface area contributed by atoms with Crippen molar-refractivity contribution in [1.29, 1.82) is 0 Å². The van der Waals surface area contributed by atoms with Crippen LogP contribution in [0.4, 0.5) is 5.82 Å². The fraction of sp³-hybridized carbons (Fsp3) is 0.393. The summed E-state index contributed by atoms with van der Waals surface area (Å²) in [5, 5.41) is 23.8. The van der Waals surface area contributed by atoms with E-state index in [1.54, 1.807) is 12.1 Å². The molecular formula is C28H35N7O3. The van der Waals surface area contributed by atoms with Gasteiger partial charge in [0.05, 0.1) is 11.0 Å². The van der Waals surface area contributed by atoms with Gasteiger partial charge in [-0.05, 0) is 43.4 Å². The standard InChI is InChI=1S/C28H35N7O3/c1-18(2)15-22(36)7-5-4-6-14-30-27-28-33-32-19(3)35(28)25-13-12-23(16-24(25)31-27)38-17-20-8-10-21(11-9-20)26(29)34-37/h8-13,16,18,37H,4-7,14-15,17H2,1-3H3,(H2,29,34)(H,30,31). The Hall–Kier alpha value is -4.21. The Labute approximate surface area is 221 Å². The van der Waals surface area contributed by atoms with Gasteiger partial charge in [0.15, 0.2) is 11.7 Å². The maximum absolute atomic E-state index is 11.9. The highest BCUT2D eigenvalue weighted by Gasteiger charge is 2.14. The quantitative estimate of drug-likeness (QED) is 0.0752. The molecule has 0 aliphatic carbocycles. The number of ether oxygens (including phenoxy) is 1. The molecule has 2 aromatic heterocycles. The molecule has 0 radical (unpaired) electrons. The number of nitrogens with one attached hydrogen (secondary N) is 1. The lowest BCUT2D eigenvalue weighted by molar-refractivity contribution is -0.119. The van der Waals surface area contributed by atoms with E-state index in [9.17, 15) is 4.79 Å². The van der Waals surface area contributed by atoms with Crippen molar-refractivity contribution in [3.05, 3.63) is 59.4 Å². The van der Waals surface area contributed by atoms with Crippen molar-refractivity contribution in [2.75, 3.05) is 11.9 Å². The average molecular weight is 518 g/mol. The van der Waals surface area contributed by atoms with Gasteiger partial charge >= 0.3 is 0 Å². The number of Topliss-reactive ketones (excluding diaryl/α,β-unsaturated/α-hetero) is 1. The first kappa shape index (κ1) is 26.8. The van der Waals surface area contributed by atoms with Crippen molar-refractivity contribution < 1.29 is 14.7 Å². The topological polar surface area (TPSA) is 140 Å². The van der Waals surface area contributed by atoms with Gasteiger partial charge in [0.2, 0.25) is 5.65 Å². The van der Waals surface area contributed by atoms with E-state index in [1.165, 1.54) is 0 Å². The molecule has 0 saturated carbocycles. The van der Waals surface area contributed by atoms with Crippen molar-refractivity contribution in [2.45, 2.75) is 59.5 Å². The predicted molar refractivity (Wildman–Crippen MR) is 148 cm³/mol. The summed E-state index contributed by atoms with van der Waals surface area (Å²) >= 11 is 0. The molecule has 0 amide bonds. The molecule has 0 spiro atoms. The lowest BCUT2D eigenvalue weighted by atomic mass is 10.0. The molecule has 0 atom stereocenters. The Morgan fingerprint density at radius 2 is 1.92 bits per heavy atom. The highest BCUT2D eigenvalue weighted by molar-refractivity contribution is 5.97. The number of rotatable bonds is 13. The molecule has 0 saturated heterocycles. The first-order valence-corrected chi connectivity index (χ1v) is 13.0. The number of aromatic nitrogens is 4. The smallest absolute Gasteiger partial charge is 0.204 e. The van der Waals surface area contributed by atoms with Gasteiger partial charge in [-0.2, -0.15) is 0 Å². The summed E-state index contributed by atoms with van der Waals surface area (Å²) in [4.78, 5) is 16.7. The largest absolute Gasteiger partial charge is 0.489 e. The zero-order valence-electron chi connectivity index (χ0n) is 22.1. The summed E-state index contributed by atoms with van der Waals surface area (Å²) in [6.07, 6.45) is 4.13. The number of carbonyl (C=O) groups is 1. The third kappa shape index (κ3) is 6.56. The molecule has 0 fully saturated rings. The summed E-state index contributed by atoms with van der Waals surface area (Å²) in [6.45, 7) is 7.16. The van der Waals surface area contributed by atoms with Crippen molar-refractivity contribution >= 4 is 34.1 Å². The van der Waals surface area contributed by atoms with Crippen molar-refractivity contribution in [1.82, 2.24) is 19.6 Å². The number of fused-ring (bicyclic) bond motifs is 3. The molecule has 0 aliphatic rings. The van der Waals surface area contributed by atoms with Crippen molar-refractivity contribution in [3.8, 4) is 5.75 Å². The summed E-state index contributed by atoms with van der Waals surface area (Å²) in [7, 11) is 0. The van der Waals surface area contributed by atoms with Crippen LogP contribution >= 0.6 is 0 Å². The fourth-order valence-electron chi connectivity index (χ4n) is 4.35. The van der Waals surface area contributed by atoms with E-state index in [0.29, 0.717) is 53.9 Å². The van der Waals surface area contributed by atoms with Gasteiger partial charge in [-0.1, -0.05) is 49.7 Å². The van der Waals surface area contributed by atoms with Crippen molar-refractivity contribution in [3.63, 3.8) is 0 Å². The maximum atomic E-state index is 11.9. The maximum Gasteiger partial charge on any atom is 0.204 e. The number of hydrogen-bond donors (Lipinski definition) is 3. The van der Waals surface area contributed by atoms with Crippen LogP contribution in [0.2, 0.25) is 0 Å². The van der Waals surface area contributed by atoms with Crippen LogP contribution in [0.1, 0.15) is 62.9 Å². The second kappa shape index (κ2) is 12.4. The molecule has 0 aliphatic heterocycles. The Morgan fingerprint density at radius 3 is 2.66 bits per heavy atom. The van der Waals surface area contributed by atoms with Gasteiger partial charge in [-0.3, -0.25) is 9.20 Å². The Kier molecular flexibility index (Phi) is 8.73. The SMILES string of the molecule is Cc1nnc2c(NCCCCCC(=O)CC(C)C)nc3cc(OCc4ccc(C(N)=NO)cc4)ccc3n12. The number of aryl methyl sites for hydroxylation is 1. The van der Waals surface area contributed by atoms with E-state index in [-0.39, 0.29) is 5.84 Å². The van der Waals surface area contributed by atoms with E-state index in [2.05, 4.69) is 34.5 Å². The molecule has 4 N–H and O–H groups in total. The van der Waals surface area contributed by atoms with Gasteiger partial charge in [0.25, 0.3) is 0 Å². The second-order valence-corrected chi connectivity index (χ2v) is 9.86. The van der Waals surface area contributed by atoms with Crippen LogP contribution in [0.25, 0.3) is 16.7 Å². The van der Waals surface area contributed by atoms with Gasteiger partial charge in [0, 0.05) is 31.0 Å². The number of hydrogen-bond acceptors (Lipinski definition) is 8. The molecular weight excluding hydrogens is 482 g/mol. The molecule has 0 bridgehead atoms. The van der Waals surface area contributed by atoms with Crippen molar-refractivity contribution in [2.24, 2.45) is 16.8 Å². The van der Waals surface area contributed by atoms with Crippen LogP contribution in [0.15, 0.2) is 47.6 Å². The number of nitrogens with zero attached hydrogens (tertiary/aromatic N) is 5. The van der Waals surface area contributed by atoms with Crippen LogP contribution in [0.5, 0.6) is 5.75 Å². The molecule has 38 heavy (non-hydrogen) atoms. The van der Waals surface area contributed by atoms with Gasteiger partial charge in [-0.25, -0.2) is 4.98 Å². The molecule has 0 unspecified atom stereocenters. The minimum atomic E-state index is 0.0647. The Bertz CT molecular complexity index is 1430. The molecule has 200 valence electrons. The predicted octanol–water partition coefficient (Wildman–Crippen LogP) is 4.85. The highest BCUT2D eigenvalue weighted by Crippen LogP contribution is 2.26. The molecule has 4 rings (SSSR count). The summed E-state index contributed by atoms with van der Waals surface area (Å²) < 4.78 is 8.01. The number of carbonyl (C=O) groups excluding carboxylic acids is 1. The number of anilines is 1. The third-order valence-electron chi connectivity index (χ3n) is 6.28. The summed E-state index contributed by atoms with van der Waals surface area (Å²) in [5.74, 6) is 2.97. The fourth-order valence-corrected chi connectivity index (χ4v) is 4.35. The van der Waals surface area contributed by atoms with E-state index < -0.39 is 0 Å². The van der Waals surface area contributed by atoms with E-state index in [0.717, 1.165) is 48.2 Å². The normalized spacial score (nSPS) is 11.9. The van der Waals surface area contributed by atoms with Crippen LogP contribution < -0.4 is 15.8 Å². The number of nitrogens with two attached hydrogens (primary N) is 1. The van der Waals surface area contributed by atoms with Crippen LogP contribution in [-0.4, -0.2) is 43.0 Å². The zero-order chi connectivity index (χ0) is 27.1. The first-order valence-electron chi connectivity index (χ1n) is 13.0. The number of unbranched alkanes of at least 4 members (excludes halogenated alkanes) is 2. The van der Waals surface area contributed by atoms with Crippen LogP contribution in [0, 0.1) is 12.8 Å². The van der Waals surface area contributed by atoms with Gasteiger partial charge < -0.3 is 21.0 Å². The first-order chi connectivity index (χ1) is 18.4. The molecule has 4 aromatic rings. The van der Waals surface area contributed by atoms with Crippen LogP contribution in [0.3, 0.4) is 0 Å².